The predicted octanol–water partition coefficient (Wildman–Crippen LogP) is 2.06. The van der Waals surface area contributed by atoms with Gasteiger partial charge in [0, 0.05) is 32.4 Å². The monoisotopic (exact) mass is 260 g/mol. The number of imidazole rings is 1. The third-order valence-electron chi connectivity index (χ3n) is 2.95. The van der Waals surface area contributed by atoms with E-state index < -0.39 is 0 Å². The molecule has 1 aromatic heterocycles. The molecule has 0 aliphatic carbocycles. The quantitative estimate of drug-likeness (QED) is 0.780. The van der Waals surface area contributed by atoms with Crippen molar-refractivity contribution in [2.75, 3.05) is 24.2 Å². The number of aryl methyl sites for hydroxylation is 1. The molecule has 0 aliphatic heterocycles. The first-order valence-corrected chi connectivity index (χ1v) is 6.43. The van der Waals surface area contributed by atoms with Gasteiger partial charge in [0.1, 0.15) is 11.6 Å². The summed E-state index contributed by atoms with van der Waals surface area (Å²) in [5.74, 6) is 1.77. The van der Waals surface area contributed by atoms with E-state index in [-0.39, 0.29) is 0 Å². The van der Waals surface area contributed by atoms with Gasteiger partial charge in [-0.05, 0) is 19.1 Å². The van der Waals surface area contributed by atoms with Gasteiger partial charge < -0.3 is 20.4 Å². The summed E-state index contributed by atoms with van der Waals surface area (Å²) in [5.41, 5.74) is 7.61. The van der Waals surface area contributed by atoms with E-state index in [0.29, 0.717) is 12.3 Å². The van der Waals surface area contributed by atoms with E-state index in [0.717, 1.165) is 30.2 Å². The Morgan fingerprint density at radius 2 is 2.26 bits per heavy atom. The summed E-state index contributed by atoms with van der Waals surface area (Å²) in [7, 11) is 1.99. The number of nitrogens with zero attached hydrogens (tertiary/aromatic N) is 2. The molecule has 1 aromatic carbocycles. The molecule has 0 amide bonds. The number of ether oxygens (including phenoxy) is 1. The number of nitrogens with two attached hydrogens (primary N) is 1. The maximum atomic E-state index is 6.05. The van der Waals surface area contributed by atoms with Gasteiger partial charge in [0.25, 0.3) is 0 Å². The molecule has 19 heavy (non-hydrogen) atoms. The highest BCUT2D eigenvalue weighted by atomic mass is 16.5. The second-order valence-corrected chi connectivity index (χ2v) is 4.28. The summed E-state index contributed by atoms with van der Waals surface area (Å²) < 4.78 is 7.48. The average molecular weight is 260 g/mol. The highest BCUT2D eigenvalue weighted by Crippen LogP contribution is 2.29. The molecule has 0 bridgehead atoms. The SMILES string of the molecule is CCOc1cccc(NCCc2nccn2C)c1N. The minimum Gasteiger partial charge on any atom is -0.492 e. The van der Waals surface area contributed by atoms with E-state index in [4.69, 9.17) is 10.5 Å². The number of rotatable bonds is 6. The first-order valence-electron chi connectivity index (χ1n) is 6.43. The van der Waals surface area contributed by atoms with E-state index in [1.54, 1.807) is 6.20 Å². The van der Waals surface area contributed by atoms with E-state index >= 15 is 0 Å². The first kappa shape index (κ1) is 13.3. The molecule has 0 saturated carbocycles. The van der Waals surface area contributed by atoms with Crippen LogP contribution >= 0.6 is 0 Å². The van der Waals surface area contributed by atoms with Crippen molar-refractivity contribution in [2.45, 2.75) is 13.3 Å². The Morgan fingerprint density at radius 3 is 2.95 bits per heavy atom. The lowest BCUT2D eigenvalue weighted by Crippen LogP contribution is -2.10. The van der Waals surface area contributed by atoms with Crippen LogP contribution < -0.4 is 15.8 Å². The molecule has 0 fully saturated rings. The third-order valence-corrected chi connectivity index (χ3v) is 2.95. The standard InChI is InChI=1S/C14H20N4O/c1-3-19-12-6-4-5-11(14(12)15)16-8-7-13-17-9-10-18(13)2/h4-6,9-10,16H,3,7-8,15H2,1-2H3. The van der Waals surface area contributed by atoms with Crippen LogP contribution in [-0.4, -0.2) is 22.7 Å². The fourth-order valence-corrected chi connectivity index (χ4v) is 1.93. The lowest BCUT2D eigenvalue weighted by atomic mass is 10.2. The highest BCUT2D eigenvalue weighted by molar-refractivity contribution is 5.72. The van der Waals surface area contributed by atoms with Crippen LogP contribution in [0.25, 0.3) is 0 Å². The van der Waals surface area contributed by atoms with Crippen molar-refractivity contribution < 1.29 is 4.74 Å². The molecule has 102 valence electrons. The zero-order valence-corrected chi connectivity index (χ0v) is 11.4. The van der Waals surface area contributed by atoms with Gasteiger partial charge in [-0.1, -0.05) is 6.07 Å². The summed E-state index contributed by atoms with van der Waals surface area (Å²) in [6.45, 7) is 3.34. The van der Waals surface area contributed by atoms with Gasteiger partial charge in [-0.2, -0.15) is 0 Å². The molecule has 0 spiro atoms. The van der Waals surface area contributed by atoms with Crippen molar-refractivity contribution in [3.63, 3.8) is 0 Å². The van der Waals surface area contributed by atoms with Crippen LogP contribution in [0.4, 0.5) is 11.4 Å². The third kappa shape index (κ3) is 3.19. The van der Waals surface area contributed by atoms with Gasteiger partial charge in [-0.3, -0.25) is 0 Å². The molecule has 0 radical (unpaired) electrons. The molecule has 0 saturated heterocycles. The average Bonchev–Trinajstić information content (AvgIpc) is 2.80. The predicted molar refractivity (Wildman–Crippen MR) is 77.4 cm³/mol. The molecule has 1 heterocycles. The van der Waals surface area contributed by atoms with Crippen molar-refractivity contribution >= 4 is 11.4 Å². The van der Waals surface area contributed by atoms with E-state index in [9.17, 15) is 0 Å². The van der Waals surface area contributed by atoms with E-state index in [1.165, 1.54) is 0 Å². The lowest BCUT2D eigenvalue weighted by molar-refractivity contribution is 0.342. The number of anilines is 2. The zero-order chi connectivity index (χ0) is 13.7. The fraction of sp³-hybridized carbons (Fsp3) is 0.357. The van der Waals surface area contributed by atoms with Crippen LogP contribution in [0.15, 0.2) is 30.6 Å². The molecule has 0 aliphatic rings. The smallest absolute Gasteiger partial charge is 0.144 e. The van der Waals surface area contributed by atoms with Crippen molar-refractivity contribution in [1.82, 2.24) is 9.55 Å². The fourth-order valence-electron chi connectivity index (χ4n) is 1.93. The van der Waals surface area contributed by atoms with Crippen molar-refractivity contribution in [1.29, 1.82) is 0 Å². The maximum absolute atomic E-state index is 6.05. The zero-order valence-electron chi connectivity index (χ0n) is 11.4. The summed E-state index contributed by atoms with van der Waals surface area (Å²) >= 11 is 0. The Balaban J connectivity index is 1.96. The summed E-state index contributed by atoms with van der Waals surface area (Å²) in [6.07, 6.45) is 4.60. The number of aromatic nitrogens is 2. The molecule has 2 rings (SSSR count). The Hall–Kier alpha value is -2.17. The number of hydrogen-bond acceptors (Lipinski definition) is 4. The molecule has 0 atom stereocenters. The van der Waals surface area contributed by atoms with Gasteiger partial charge in [0.15, 0.2) is 0 Å². The molecule has 3 N–H and O–H groups in total. The summed E-state index contributed by atoms with van der Waals surface area (Å²) in [5, 5.41) is 3.32. The number of hydrogen-bond donors (Lipinski definition) is 2. The Morgan fingerprint density at radius 1 is 1.42 bits per heavy atom. The van der Waals surface area contributed by atoms with Crippen LogP contribution in [0.5, 0.6) is 5.75 Å². The molecular weight excluding hydrogens is 240 g/mol. The minimum absolute atomic E-state index is 0.612. The maximum Gasteiger partial charge on any atom is 0.144 e. The van der Waals surface area contributed by atoms with Gasteiger partial charge in [0.2, 0.25) is 0 Å². The van der Waals surface area contributed by atoms with E-state index in [1.807, 2.05) is 42.9 Å². The topological polar surface area (TPSA) is 65.1 Å². The summed E-state index contributed by atoms with van der Waals surface area (Å²) in [4.78, 5) is 4.28. The van der Waals surface area contributed by atoms with Crippen molar-refractivity contribution in [3.8, 4) is 5.75 Å². The second kappa shape index (κ2) is 6.13. The van der Waals surface area contributed by atoms with Crippen molar-refractivity contribution in [3.05, 3.63) is 36.4 Å². The van der Waals surface area contributed by atoms with Crippen LogP contribution in [-0.2, 0) is 13.5 Å². The van der Waals surface area contributed by atoms with Gasteiger partial charge >= 0.3 is 0 Å². The largest absolute Gasteiger partial charge is 0.492 e. The number of nitrogens with one attached hydrogen (secondary N) is 1. The number of nitrogen functional groups attached to an aromatic ring is 1. The van der Waals surface area contributed by atoms with Crippen LogP contribution in [0, 0.1) is 0 Å². The minimum atomic E-state index is 0.612. The molecule has 0 unspecified atom stereocenters. The van der Waals surface area contributed by atoms with Crippen LogP contribution in [0.1, 0.15) is 12.7 Å². The van der Waals surface area contributed by atoms with Crippen molar-refractivity contribution in [2.24, 2.45) is 7.05 Å². The molecule has 2 aromatic rings. The second-order valence-electron chi connectivity index (χ2n) is 4.28. The first-order chi connectivity index (χ1) is 9.22. The van der Waals surface area contributed by atoms with Crippen LogP contribution in [0.3, 0.4) is 0 Å². The Kier molecular flexibility index (Phi) is 4.28. The van der Waals surface area contributed by atoms with Gasteiger partial charge in [0.05, 0.1) is 18.0 Å². The Bertz CT molecular complexity index is 536. The number of benzene rings is 1. The van der Waals surface area contributed by atoms with Crippen LogP contribution in [0.2, 0.25) is 0 Å². The molecule has 5 nitrogen and oxygen atoms in total. The molecule has 5 heteroatoms. The molecular formula is C14H20N4O. The van der Waals surface area contributed by atoms with Gasteiger partial charge in [-0.15, -0.1) is 0 Å². The van der Waals surface area contributed by atoms with Gasteiger partial charge in [-0.25, -0.2) is 4.98 Å². The number of para-hydroxylation sites is 1. The normalized spacial score (nSPS) is 10.4. The van der Waals surface area contributed by atoms with E-state index in [2.05, 4.69) is 10.3 Å². The highest BCUT2D eigenvalue weighted by Gasteiger charge is 2.05. The lowest BCUT2D eigenvalue weighted by Gasteiger charge is -2.13. The Labute approximate surface area is 113 Å². The summed E-state index contributed by atoms with van der Waals surface area (Å²) in [6, 6.07) is 5.77.